The summed E-state index contributed by atoms with van der Waals surface area (Å²) in [6, 6.07) is 4.30. The van der Waals surface area contributed by atoms with Crippen molar-refractivity contribution in [3.05, 3.63) is 33.9 Å². The Balaban J connectivity index is 2.39. The lowest BCUT2D eigenvalue weighted by atomic mass is 9.93. The number of phenols is 1. The first-order valence-electron chi connectivity index (χ1n) is 7.41. The van der Waals surface area contributed by atoms with E-state index in [0.29, 0.717) is 11.5 Å². The van der Waals surface area contributed by atoms with Crippen LogP contribution < -0.4 is 5.32 Å². The summed E-state index contributed by atoms with van der Waals surface area (Å²) in [5, 5.41) is 24.3. The van der Waals surface area contributed by atoms with Gasteiger partial charge in [0.25, 0.3) is 5.69 Å². The monoisotopic (exact) mass is 293 g/mol. The van der Waals surface area contributed by atoms with Crippen molar-refractivity contribution in [2.45, 2.75) is 26.3 Å². The number of aromatic hydroxyl groups is 1. The van der Waals surface area contributed by atoms with Crippen molar-refractivity contribution >= 4 is 5.69 Å². The lowest BCUT2D eigenvalue weighted by molar-refractivity contribution is -0.386. The fourth-order valence-electron chi connectivity index (χ4n) is 2.89. The topological polar surface area (TPSA) is 78.6 Å². The van der Waals surface area contributed by atoms with Gasteiger partial charge in [0, 0.05) is 38.3 Å². The molecule has 0 aliphatic carbocycles. The number of nitrogens with one attached hydrogen (secondary N) is 1. The molecule has 0 spiro atoms. The Hall–Kier alpha value is -1.66. The number of nitro benzene ring substituents is 1. The predicted molar refractivity (Wildman–Crippen MR) is 81.4 cm³/mol. The van der Waals surface area contributed by atoms with E-state index in [0.717, 1.165) is 32.6 Å². The molecule has 0 bridgehead atoms. The minimum atomic E-state index is -0.357. The fraction of sp³-hybridized carbons (Fsp3) is 0.600. The Kier molecular flexibility index (Phi) is 5.14. The molecule has 0 amide bonds. The van der Waals surface area contributed by atoms with Crippen LogP contribution in [0.4, 0.5) is 5.69 Å². The van der Waals surface area contributed by atoms with Crippen LogP contribution in [0.15, 0.2) is 18.2 Å². The van der Waals surface area contributed by atoms with Gasteiger partial charge in [0.2, 0.25) is 0 Å². The van der Waals surface area contributed by atoms with Gasteiger partial charge >= 0.3 is 0 Å². The Morgan fingerprint density at radius 2 is 2.05 bits per heavy atom. The van der Waals surface area contributed by atoms with E-state index in [-0.39, 0.29) is 22.4 Å². The van der Waals surface area contributed by atoms with Crippen LogP contribution >= 0.6 is 0 Å². The lowest BCUT2D eigenvalue weighted by Gasteiger charge is -2.36. The average Bonchev–Trinajstić information content (AvgIpc) is 2.45. The van der Waals surface area contributed by atoms with Crippen LogP contribution in [-0.2, 0) is 0 Å². The van der Waals surface area contributed by atoms with Crippen molar-refractivity contribution in [3.8, 4) is 5.75 Å². The zero-order valence-corrected chi connectivity index (χ0v) is 12.6. The molecule has 0 saturated carbocycles. The number of phenolic OH excluding ortho intramolecular Hbond substituents is 1. The molecule has 0 radical (unpaired) electrons. The summed E-state index contributed by atoms with van der Waals surface area (Å²) in [5.74, 6) is 0.506. The van der Waals surface area contributed by atoms with E-state index in [4.69, 9.17) is 0 Å². The fourth-order valence-corrected chi connectivity index (χ4v) is 2.89. The van der Waals surface area contributed by atoms with Crippen molar-refractivity contribution in [1.82, 2.24) is 10.2 Å². The molecule has 6 nitrogen and oxygen atoms in total. The number of hydrogen-bond acceptors (Lipinski definition) is 5. The first-order chi connectivity index (χ1) is 9.99. The number of hydrogen-bond donors (Lipinski definition) is 2. The molecule has 2 N–H and O–H groups in total. The highest BCUT2D eigenvalue weighted by molar-refractivity contribution is 5.46. The van der Waals surface area contributed by atoms with Crippen molar-refractivity contribution in [2.75, 3.05) is 26.2 Å². The van der Waals surface area contributed by atoms with Crippen LogP contribution in [0.3, 0.4) is 0 Å². The maximum absolute atomic E-state index is 11.3. The zero-order valence-electron chi connectivity index (χ0n) is 12.6. The minimum Gasteiger partial charge on any atom is -0.508 e. The van der Waals surface area contributed by atoms with E-state index in [9.17, 15) is 15.2 Å². The van der Waals surface area contributed by atoms with Gasteiger partial charge in [0.15, 0.2) is 0 Å². The molecule has 1 aromatic rings. The van der Waals surface area contributed by atoms with Crippen LogP contribution in [0.25, 0.3) is 0 Å². The second kappa shape index (κ2) is 6.87. The van der Waals surface area contributed by atoms with Crippen molar-refractivity contribution in [1.29, 1.82) is 0 Å². The molecular formula is C15H23N3O3. The van der Waals surface area contributed by atoms with E-state index in [2.05, 4.69) is 24.1 Å². The van der Waals surface area contributed by atoms with E-state index in [1.54, 1.807) is 6.07 Å². The summed E-state index contributed by atoms with van der Waals surface area (Å²) in [7, 11) is 0. The first-order valence-corrected chi connectivity index (χ1v) is 7.41. The maximum atomic E-state index is 11.3. The Morgan fingerprint density at radius 1 is 1.38 bits per heavy atom. The predicted octanol–water partition coefficient (Wildman–Crippen LogP) is 2.29. The molecule has 2 rings (SSSR count). The molecular weight excluding hydrogens is 270 g/mol. The molecule has 1 fully saturated rings. The Bertz CT molecular complexity index is 499. The molecule has 1 heterocycles. The summed E-state index contributed by atoms with van der Waals surface area (Å²) in [4.78, 5) is 13.2. The smallest absolute Gasteiger partial charge is 0.274 e. The van der Waals surface area contributed by atoms with Crippen LogP contribution in [0.1, 0.15) is 31.9 Å². The molecule has 116 valence electrons. The highest BCUT2D eigenvalue weighted by Gasteiger charge is 2.29. The highest BCUT2D eigenvalue weighted by atomic mass is 16.6. The summed E-state index contributed by atoms with van der Waals surface area (Å²) >= 11 is 0. The number of nitro groups is 1. The summed E-state index contributed by atoms with van der Waals surface area (Å²) in [6.07, 6.45) is 0.838. The van der Waals surface area contributed by atoms with E-state index in [1.807, 2.05) is 0 Å². The molecule has 0 aromatic heterocycles. The molecule has 0 unspecified atom stereocenters. The number of piperazine rings is 1. The third-order valence-electron chi connectivity index (χ3n) is 3.85. The minimum absolute atomic E-state index is 0.0281. The van der Waals surface area contributed by atoms with Crippen LogP contribution in [-0.4, -0.2) is 41.1 Å². The van der Waals surface area contributed by atoms with Gasteiger partial charge in [-0.05, 0) is 24.5 Å². The maximum Gasteiger partial charge on any atom is 0.274 e. The number of rotatable bonds is 5. The van der Waals surface area contributed by atoms with Crippen molar-refractivity contribution < 1.29 is 10.0 Å². The quantitative estimate of drug-likeness (QED) is 0.643. The van der Waals surface area contributed by atoms with Crippen LogP contribution in [0.5, 0.6) is 5.75 Å². The molecule has 21 heavy (non-hydrogen) atoms. The van der Waals surface area contributed by atoms with Gasteiger partial charge in [0.05, 0.1) is 10.5 Å². The molecule has 1 aliphatic heterocycles. The third kappa shape index (κ3) is 3.92. The largest absolute Gasteiger partial charge is 0.508 e. The van der Waals surface area contributed by atoms with Gasteiger partial charge in [-0.15, -0.1) is 0 Å². The zero-order chi connectivity index (χ0) is 15.4. The van der Waals surface area contributed by atoms with E-state index < -0.39 is 0 Å². The molecule has 1 saturated heterocycles. The van der Waals surface area contributed by atoms with Gasteiger partial charge in [-0.25, -0.2) is 0 Å². The van der Waals surface area contributed by atoms with Gasteiger partial charge in [-0.3, -0.25) is 15.0 Å². The normalized spacial score (nSPS) is 17.9. The second-order valence-corrected chi connectivity index (χ2v) is 5.93. The third-order valence-corrected chi connectivity index (χ3v) is 3.85. The van der Waals surface area contributed by atoms with Gasteiger partial charge < -0.3 is 10.4 Å². The summed E-state index contributed by atoms with van der Waals surface area (Å²) < 4.78 is 0. The SMILES string of the molecule is CC(C)C[C@@H](c1cc(O)ccc1[N+](=O)[O-])N1CCNCC1. The molecule has 6 heteroatoms. The molecule has 1 aliphatic rings. The number of nitrogens with zero attached hydrogens (tertiary/aromatic N) is 2. The Labute approximate surface area is 124 Å². The van der Waals surface area contributed by atoms with Crippen molar-refractivity contribution in [3.63, 3.8) is 0 Å². The van der Waals surface area contributed by atoms with Gasteiger partial charge in [-0.1, -0.05) is 13.8 Å². The molecule has 1 aromatic carbocycles. The summed E-state index contributed by atoms with van der Waals surface area (Å²) in [5.41, 5.74) is 0.715. The van der Waals surface area contributed by atoms with Gasteiger partial charge in [0.1, 0.15) is 5.75 Å². The standard InChI is InChI=1S/C15H23N3O3/c1-11(2)9-15(17-7-5-16-6-8-17)13-10-12(19)3-4-14(13)18(20)21/h3-4,10-11,15-16,19H,5-9H2,1-2H3/t15-/m0/s1. The van der Waals surface area contributed by atoms with E-state index >= 15 is 0 Å². The second-order valence-electron chi connectivity index (χ2n) is 5.93. The van der Waals surface area contributed by atoms with Crippen LogP contribution in [0, 0.1) is 16.0 Å². The first kappa shape index (κ1) is 15.7. The highest BCUT2D eigenvalue weighted by Crippen LogP contribution is 2.36. The van der Waals surface area contributed by atoms with Crippen LogP contribution in [0.2, 0.25) is 0 Å². The Morgan fingerprint density at radius 3 is 2.62 bits per heavy atom. The van der Waals surface area contributed by atoms with E-state index in [1.165, 1.54) is 12.1 Å². The lowest BCUT2D eigenvalue weighted by Crippen LogP contribution is -2.45. The van der Waals surface area contributed by atoms with Gasteiger partial charge in [-0.2, -0.15) is 0 Å². The summed E-state index contributed by atoms with van der Waals surface area (Å²) in [6.45, 7) is 7.74. The number of benzene rings is 1. The molecule has 1 atom stereocenters. The average molecular weight is 293 g/mol. The van der Waals surface area contributed by atoms with Crippen molar-refractivity contribution in [2.24, 2.45) is 5.92 Å².